The Morgan fingerprint density at radius 3 is 2.31 bits per heavy atom. The van der Waals surface area contributed by atoms with Crippen LogP contribution in [0.25, 0.3) is 0 Å². The Morgan fingerprint density at radius 2 is 1.81 bits per heavy atom. The maximum absolute atomic E-state index is 6.17. The molecule has 94 valence electrons. The Hall–Kier alpha value is -0.120. The van der Waals surface area contributed by atoms with Crippen molar-refractivity contribution in [3.8, 4) is 0 Å². The standard InChI is InChI=1S/C13H27N3/c1-11(2)10-15-6-8-16(9-7-15)13-5-3-4-12(13)14/h11-13H,3-10,14H2,1-2H3. The highest BCUT2D eigenvalue weighted by Crippen LogP contribution is 2.23. The van der Waals surface area contributed by atoms with Crippen LogP contribution in [-0.4, -0.2) is 54.6 Å². The molecule has 2 aliphatic rings. The number of nitrogens with zero attached hydrogens (tertiary/aromatic N) is 2. The summed E-state index contributed by atoms with van der Waals surface area (Å²) in [6.45, 7) is 10.8. The second-order valence-electron chi connectivity index (χ2n) is 5.89. The van der Waals surface area contributed by atoms with Crippen LogP contribution in [-0.2, 0) is 0 Å². The molecular formula is C13H27N3. The normalized spacial score (nSPS) is 33.8. The molecule has 3 nitrogen and oxygen atoms in total. The van der Waals surface area contributed by atoms with Crippen LogP contribution >= 0.6 is 0 Å². The van der Waals surface area contributed by atoms with Crippen molar-refractivity contribution in [2.75, 3.05) is 32.7 Å². The first-order valence-corrected chi connectivity index (χ1v) is 6.89. The van der Waals surface area contributed by atoms with Crippen LogP contribution in [0.1, 0.15) is 33.1 Å². The molecular weight excluding hydrogens is 198 g/mol. The van der Waals surface area contributed by atoms with E-state index >= 15 is 0 Å². The molecule has 2 N–H and O–H groups in total. The highest BCUT2D eigenvalue weighted by Gasteiger charge is 2.31. The van der Waals surface area contributed by atoms with Gasteiger partial charge in [-0.25, -0.2) is 0 Å². The van der Waals surface area contributed by atoms with Crippen LogP contribution in [0.4, 0.5) is 0 Å². The molecule has 2 rings (SSSR count). The molecule has 16 heavy (non-hydrogen) atoms. The van der Waals surface area contributed by atoms with Crippen molar-refractivity contribution in [1.82, 2.24) is 9.80 Å². The van der Waals surface area contributed by atoms with Gasteiger partial charge in [-0.05, 0) is 18.8 Å². The molecule has 0 aromatic heterocycles. The second kappa shape index (κ2) is 5.48. The Morgan fingerprint density at radius 1 is 1.12 bits per heavy atom. The lowest BCUT2D eigenvalue weighted by Crippen LogP contribution is -2.54. The molecule has 1 heterocycles. The quantitative estimate of drug-likeness (QED) is 0.782. The van der Waals surface area contributed by atoms with E-state index in [1.54, 1.807) is 0 Å². The SMILES string of the molecule is CC(C)CN1CCN(C2CCCC2N)CC1. The maximum Gasteiger partial charge on any atom is 0.0248 e. The van der Waals surface area contributed by atoms with Crippen molar-refractivity contribution < 1.29 is 0 Å². The third-order valence-corrected chi connectivity index (χ3v) is 4.03. The first kappa shape index (κ1) is 12.3. The van der Waals surface area contributed by atoms with Crippen molar-refractivity contribution >= 4 is 0 Å². The number of nitrogens with two attached hydrogens (primary N) is 1. The lowest BCUT2D eigenvalue weighted by molar-refractivity contribution is 0.0854. The Kier molecular flexibility index (Phi) is 4.22. The zero-order valence-corrected chi connectivity index (χ0v) is 10.9. The van der Waals surface area contributed by atoms with Gasteiger partial charge < -0.3 is 10.6 Å². The highest BCUT2D eigenvalue weighted by atomic mass is 15.3. The zero-order valence-electron chi connectivity index (χ0n) is 10.9. The fourth-order valence-corrected chi connectivity index (χ4v) is 3.22. The van der Waals surface area contributed by atoms with Crippen molar-refractivity contribution in [3.05, 3.63) is 0 Å². The Balaban J connectivity index is 1.76. The molecule has 2 atom stereocenters. The van der Waals surface area contributed by atoms with Crippen molar-refractivity contribution in [2.24, 2.45) is 11.7 Å². The summed E-state index contributed by atoms with van der Waals surface area (Å²) < 4.78 is 0. The van der Waals surface area contributed by atoms with Gasteiger partial charge >= 0.3 is 0 Å². The third-order valence-electron chi connectivity index (χ3n) is 4.03. The molecule has 2 unspecified atom stereocenters. The van der Waals surface area contributed by atoms with E-state index in [0.717, 1.165) is 5.92 Å². The number of rotatable bonds is 3. The van der Waals surface area contributed by atoms with Gasteiger partial charge in [0, 0.05) is 44.8 Å². The van der Waals surface area contributed by atoms with E-state index in [1.165, 1.54) is 52.0 Å². The monoisotopic (exact) mass is 225 g/mol. The number of piperazine rings is 1. The molecule has 0 aromatic rings. The van der Waals surface area contributed by atoms with E-state index in [2.05, 4.69) is 23.6 Å². The largest absolute Gasteiger partial charge is 0.326 e. The summed E-state index contributed by atoms with van der Waals surface area (Å²) in [7, 11) is 0. The molecule has 1 saturated carbocycles. The summed E-state index contributed by atoms with van der Waals surface area (Å²) in [5.74, 6) is 0.792. The number of hydrogen-bond donors (Lipinski definition) is 1. The van der Waals surface area contributed by atoms with E-state index in [1.807, 2.05) is 0 Å². The van der Waals surface area contributed by atoms with Gasteiger partial charge in [-0.2, -0.15) is 0 Å². The molecule has 1 saturated heterocycles. The Labute approximate surface area is 100.0 Å². The fraction of sp³-hybridized carbons (Fsp3) is 1.00. The predicted molar refractivity (Wildman–Crippen MR) is 68.5 cm³/mol. The Bertz CT molecular complexity index is 209. The van der Waals surface area contributed by atoms with Gasteiger partial charge in [0.05, 0.1) is 0 Å². The predicted octanol–water partition coefficient (Wildman–Crippen LogP) is 1.14. The smallest absolute Gasteiger partial charge is 0.0248 e. The summed E-state index contributed by atoms with van der Waals surface area (Å²) in [5, 5.41) is 0. The van der Waals surface area contributed by atoms with E-state index in [-0.39, 0.29) is 0 Å². The summed E-state index contributed by atoms with van der Waals surface area (Å²) in [6, 6.07) is 1.12. The van der Waals surface area contributed by atoms with E-state index in [4.69, 9.17) is 5.73 Å². The molecule has 3 heteroatoms. The van der Waals surface area contributed by atoms with Gasteiger partial charge in [0.25, 0.3) is 0 Å². The second-order valence-corrected chi connectivity index (χ2v) is 5.89. The van der Waals surface area contributed by atoms with Crippen LogP contribution in [0.15, 0.2) is 0 Å². The molecule has 1 aliphatic heterocycles. The van der Waals surface area contributed by atoms with E-state index in [0.29, 0.717) is 12.1 Å². The zero-order chi connectivity index (χ0) is 11.5. The summed E-state index contributed by atoms with van der Waals surface area (Å²) in [6.07, 6.45) is 3.89. The average molecular weight is 225 g/mol. The third kappa shape index (κ3) is 2.96. The molecule has 0 aromatic carbocycles. The van der Waals surface area contributed by atoms with Gasteiger partial charge in [0.1, 0.15) is 0 Å². The average Bonchev–Trinajstić information content (AvgIpc) is 2.65. The molecule has 0 bridgehead atoms. The molecule has 0 spiro atoms. The summed E-state index contributed by atoms with van der Waals surface area (Å²) >= 11 is 0. The summed E-state index contributed by atoms with van der Waals surface area (Å²) in [4.78, 5) is 5.23. The lowest BCUT2D eigenvalue weighted by Gasteiger charge is -2.39. The van der Waals surface area contributed by atoms with Crippen molar-refractivity contribution in [1.29, 1.82) is 0 Å². The fourth-order valence-electron chi connectivity index (χ4n) is 3.22. The van der Waals surface area contributed by atoms with E-state index < -0.39 is 0 Å². The van der Waals surface area contributed by atoms with Crippen LogP contribution in [0, 0.1) is 5.92 Å². The first-order valence-electron chi connectivity index (χ1n) is 6.89. The minimum Gasteiger partial charge on any atom is -0.326 e. The topological polar surface area (TPSA) is 32.5 Å². The minimum atomic E-state index is 0.441. The van der Waals surface area contributed by atoms with Gasteiger partial charge in [0.2, 0.25) is 0 Å². The molecule has 1 aliphatic carbocycles. The highest BCUT2D eigenvalue weighted by molar-refractivity contribution is 4.90. The molecule has 0 amide bonds. The molecule has 0 radical (unpaired) electrons. The first-order chi connectivity index (χ1) is 7.66. The van der Waals surface area contributed by atoms with Gasteiger partial charge in [-0.15, -0.1) is 0 Å². The number of hydrogen-bond acceptors (Lipinski definition) is 3. The van der Waals surface area contributed by atoms with Gasteiger partial charge in [0.15, 0.2) is 0 Å². The lowest BCUT2D eigenvalue weighted by atomic mass is 10.1. The van der Waals surface area contributed by atoms with Crippen LogP contribution < -0.4 is 5.73 Å². The van der Waals surface area contributed by atoms with E-state index in [9.17, 15) is 0 Å². The van der Waals surface area contributed by atoms with Crippen LogP contribution in [0.2, 0.25) is 0 Å². The van der Waals surface area contributed by atoms with Crippen molar-refractivity contribution in [3.63, 3.8) is 0 Å². The van der Waals surface area contributed by atoms with Crippen molar-refractivity contribution in [2.45, 2.75) is 45.2 Å². The van der Waals surface area contributed by atoms with Crippen LogP contribution in [0.3, 0.4) is 0 Å². The molecule has 2 fully saturated rings. The minimum absolute atomic E-state index is 0.441. The van der Waals surface area contributed by atoms with Crippen LogP contribution in [0.5, 0.6) is 0 Å². The summed E-state index contributed by atoms with van der Waals surface area (Å²) in [5.41, 5.74) is 6.17. The van der Waals surface area contributed by atoms with Gasteiger partial charge in [-0.3, -0.25) is 4.90 Å². The van der Waals surface area contributed by atoms with Gasteiger partial charge in [-0.1, -0.05) is 20.3 Å². The maximum atomic E-state index is 6.17.